The van der Waals surface area contributed by atoms with E-state index in [4.69, 9.17) is 4.74 Å². The molecule has 8 heteroatoms. The van der Waals surface area contributed by atoms with Crippen molar-refractivity contribution in [2.75, 3.05) is 27.8 Å². The molecule has 1 aromatic rings. The molecule has 0 spiro atoms. The van der Waals surface area contributed by atoms with Gasteiger partial charge in [0.05, 0.1) is 13.2 Å². The van der Waals surface area contributed by atoms with E-state index < -0.39 is 6.04 Å². The predicted octanol–water partition coefficient (Wildman–Crippen LogP) is 0.147. The number of ether oxygens (including phenoxy) is 1. The van der Waals surface area contributed by atoms with E-state index in [-0.39, 0.29) is 11.9 Å². The van der Waals surface area contributed by atoms with Gasteiger partial charge in [0.25, 0.3) is 5.91 Å². The van der Waals surface area contributed by atoms with Gasteiger partial charge >= 0.3 is 12.0 Å². The lowest BCUT2D eigenvalue weighted by Gasteiger charge is -2.30. The Morgan fingerprint density at radius 2 is 1.91 bits per heavy atom. The van der Waals surface area contributed by atoms with Crippen molar-refractivity contribution >= 4 is 23.7 Å². The third kappa shape index (κ3) is 1.73. The average Bonchev–Trinajstić information content (AvgIpc) is 2.99. The van der Waals surface area contributed by atoms with Crippen molar-refractivity contribution in [3.63, 3.8) is 0 Å². The minimum Gasteiger partial charge on any atom is -0.381 e. The molecular weight excluding hydrogens is 286 g/mol. The van der Waals surface area contributed by atoms with Crippen molar-refractivity contribution in [2.24, 2.45) is 4.99 Å². The Kier molecular flexibility index (Phi) is 3.28. The molecule has 22 heavy (non-hydrogen) atoms. The lowest BCUT2D eigenvalue weighted by molar-refractivity contribution is -0.690. The Bertz CT molecular complexity index is 706. The lowest BCUT2D eigenvalue weighted by Crippen LogP contribution is -2.56. The van der Waals surface area contributed by atoms with Gasteiger partial charge in [0, 0.05) is 21.2 Å². The fourth-order valence-corrected chi connectivity index (χ4v) is 3.03. The largest absolute Gasteiger partial charge is 0.402 e. The van der Waals surface area contributed by atoms with E-state index in [1.54, 1.807) is 14.2 Å². The minimum atomic E-state index is -0.565. The number of nitrogens with zero attached hydrogens (tertiary/aromatic N) is 5. The zero-order valence-electron chi connectivity index (χ0n) is 13.5. The van der Waals surface area contributed by atoms with Gasteiger partial charge in [0.1, 0.15) is 11.4 Å². The van der Waals surface area contributed by atoms with Crippen molar-refractivity contribution in [1.29, 1.82) is 0 Å². The van der Waals surface area contributed by atoms with Crippen LogP contribution in [0, 0.1) is 13.8 Å². The molecule has 1 atom stereocenters. The van der Waals surface area contributed by atoms with E-state index in [0.29, 0.717) is 24.9 Å². The van der Waals surface area contributed by atoms with E-state index in [0.717, 1.165) is 16.3 Å². The average molecular weight is 306 g/mol. The number of hydrogen-bond donors (Lipinski definition) is 0. The number of likely N-dealkylation sites (N-methyl/N-ethyl adjacent to an activating group) is 2. The van der Waals surface area contributed by atoms with Gasteiger partial charge in [-0.1, -0.05) is 4.99 Å². The fraction of sp³-hybridized carbons (Fsp3) is 0.571. The molecule has 1 aromatic heterocycles. The highest BCUT2D eigenvalue weighted by molar-refractivity contribution is 6.20. The van der Waals surface area contributed by atoms with E-state index in [1.807, 2.05) is 23.0 Å². The quantitative estimate of drug-likeness (QED) is 0.746. The van der Waals surface area contributed by atoms with Gasteiger partial charge < -0.3 is 4.74 Å². The zero-order chi connectivity index (χ0) is 16.2. The van der Waals surface area contributed by atoms with Crippen LogP contribution >= 0.6 is 0 Å². The maximum atomic E-state index is 12.6. The standard InChI is InChI=1S/C14H20N5O3/c1-8-9(2)19-10-11(15-13(19)18(8)6-7-22-5)16(3)14(21)17(4)12(10)20/h10H,6-7H2,1-5H3/q+1. The molecule has 0 saturated carbocycles. The van der Waals surface area contributed by atoms with Crippen LogP contribution in [0.4, 0.5) is 10.7 Å². The van der Waals surface area contributed by atoms with Crippen LogP contribution in [-0.2, 0) is 16.1 Å². The van der Waals surface area contributed by atoms with Gasteiger partial charge in [-0.2, -0.15) is 0 Å². The van der Waals surface area contributed by atoms with Crippen LogP contribution in [0.5, 0.6) is 0 Å². The molecule has 1 saturated heterocycles. The van der Waals surface area contributed by atoms with Gasteiger partial charge in [0.2, 0.25) is 11.9 Å². The number of fused-ring (bicyclic) bond motifs is 3. The number of methoxy groups -OCH3 is 1. The SMILES string of the molecule is COCC[n+]1c(C)c(C)n2c1N=C1C2C(=O)N(C)C(=O)N1C. The first-order valence-corrected chi connectivity index (χ1v) is 7.14. The monoisotopic (exact) mass is 306 g/mol. The molecule has 3 heterocycles. The van der Waals surface area contributed by atoms with Crippen molar-refractivity contribution in [3.05, 3.63) is 11.4 Å². The summed E-state index contributed by atoms with van der Waals surface area (Å²) in [7, 11) is 4.79. The molecule has 1 fully saturated rings. The molecule has 1 unspecified atom stereocenters. The second-order valence-electron chi connectivity index (χ2n) is 5.60. The Morgan fingerprint density at radius 1 is 1.23 bits per heavy atom. The first-order chi connectivity index (χ1) is 10.4. The molecule has 2 aliphatic heterocycles. The number of carbonyl (C=O) groups excluding carboxylic acids is 2. The van der Waals surface area contributed by atoms with Crippen LogP contribution in [-0.4, -0.2) is 60.0 Å². The molecule has 8 nitrogen and oxygen atoms in total. The summed E-state index contributed by atoms with van der Waals surface area (Å²) < 4.78 is 9.07. The molecule has 0 N–H and O–H groups in total. The molecule has 0 aliphatic carbocycles. The number of aromatic nitrogens is 2. The van der Waals surface area contributed by atoms with Gasteiger partial charge in [-0.05, 0) is 13.8 Å². The van der Waals surface area contributed by atoms with Crippen LogP contribution in [0.3, 0.4) is 0 Å². The molecule has 0 aromatic carbocycles. The van der Waals surface area contributed by atoms with Crippen LogP contribution < -0.4 is 4.57 Å². The second kappa shape index (κ2) is 4.91. The number of hydrogen-bond acceptors (Lipinski definition) is 4. The van der Waals surface area contributed by atoms with E-state index in [2.05, 4.69) is 4.99 Å². The number of amidine groups is 1. The van der Waals surface area contributed by atoms with Gasteiger partial charge in [-0.25, -0.2) is 13.9 Å². The maximum Gasteiger partial charge on any atom is 0.402 e. The van der Waals surface area contributed by atoms with E-state index in [1.165, 1.54) is 11.9 Å². The first kappa shape index (κ1) is 14.7. The number of aliphatic imine (C=N–C) groups is 1. The summed E-state index contributed by atoms with van der Waals surface area (Å²) >= 11 is 0. The number of imidazole rings is 1. The summed E-state index contributed by atoms with van der Waals surface area (Å²) in [5, 5.41) is 0. The number of carbonyl (C=O) groups is 2. The Labute approximate surface area is 128 Å². The van der Waals surface area contributed by atoms with E-state index >= 15 is 0 Å². The highest BCUT2D eigenvalue weighted by Crippen LogP contribution is 2.34. The van der Waals surface area contributed by atoms with Crippen LogP contribution in [0.2, 0.25) is 0 Å². The Morgan fingerprint density at radius 3 is 2.55 bits per heavy atom. The molecule has 118 valence electrons. The Balaban J connectivity index is 2.15. The summed E-state index contributed by atoms with van der Waals surface area (Å²) in [5.74, 6) is 0.922. The fourth-order valence-electron chi connectivity index (χ4n) is 3.03. The summed E-state index contributed by atoms with van der Waals surface area (Å²) in [5.41, 5.74) is 2.02. The second-order valence-corrected chi connectivity index (χ2v) is 5.60. The van der Waals surface area contributed by atoms with Crippen molar-refractivity contribution in [2.45, 2.75) is 26.4 Å². The van der Waals surface area contributed by atoms with Crippen molar-refractivity contribution in [1.82, 2.24) is 14.4 Å². The van der Waals surface area contributed by atoms with Crippen molar-refractivity contribution < 1.29 is 18.9 Å². The van der Waals surface area contributed by atoms with Gasteiger partial charge in [-0.15, -0.1) is 0 Å². The molecule has 3 amide bonds. The minimum absolute atomic E-state index is 0.252. The molecule has 2 aliphatic rings. The molecule has 3 rings (SSSR count). The molecule has 0 bridgehead atoms. The van der Waals surface area contributed by atoms with Crippen LogP contribution in [0.15, 0.2) is 4.99 Å². The normalized spacial score (nSPS) is 20.4. The summed E-state index contributed by atoms with van der Waals surface area (Å²) in [6.45, 7) is 5.17. The number of amides is 3. The van der Waals surface area contributed by atoms with Crippen molar-refractivity contribution in [3.8, 4) is 0 Å². The Hall–Kier alpha value is -2.22. The smallest absolute Gasteiger partial charge is 0.381 e. The summed E-state index contributed by atoms with van der Waals surface area (Å²) in [4.78, 5) is 31.8. The van der Waals surface area contributed by atoms with Crippen LogP contribution in [0.1, 0.15) is 17.4 Å². The highest BCUT2D eigenvalue weighted by Gasteiger charge is 2.53. The summed E-state index contributed by atoms with van der Waals surface area (Å²) in [6.07, 6.45) is 0. The van der Waals surface area contributed by atoms with E-state index in [9.17, 15) is 9.59 Å². The van der Waals surface area contributed by atoms with Crippen LogP contribution in [0.25, 0.3) is 0 Å². The maximum absolute atomic E-state index is 12.6. The zero-order valence-corrected chi connectivity index (χ0v) is 13.5. The third-order valence-electron chi connectivity index (χ3n) is 4.47. The highest BCUT2D eigenvalue weighted by atomic mass is 16.5. The van der Waals surface area contributed by atoms with Gasteiger partial charge in [-0.3, -0.25) is 14.6 Å². The first-order valence-electron chi connectivity index (χ1n) is 7.14. The molecule has 0 radical (unpaired) electrons. The number of rotatable bonds is 3. The lowest BCUT2D eigenvalue weighted by atomic mass is 10.1. The van der Waals surface area contributed by atoms with Gasteiger partial charge in [0.15, 0.2) is 0 Å². The summed E-state index contributed by atoms with van der Waals surface area (Å²) in [6, 6.07) is -0.922. The predicted molar refractivity (Wildman–Crippen MR) is 78.0 cm³/mol. The third-order valence-corrected chi connectivity index (χ3v) is 4.47. The molecular formula is C14H20N5O3+. The topological polar surface area (TPSA) is 71.0 Å². The number of urea groups is 1. The number of imide groups is 1.